The molecule has 0 N–H and O–H groups in total. The van der Waals surface area contributed by atoms with Gasteiger partial charge in [0.05, 0.1) is 0 Å². The normalized spacial score (nSPS) is 12.7. The summed E-state index contributed by atoms with van der Waals surface area (Å²) in [5.41, 5.74) is 2.40. The minimum absolute atomic E-state index is 0.195. The molecule has 0 spiro atoms. The molecule has 0 saturated carbocycles. The van der Waals surface area contributed by atoms with E-state index in [-0.39, 0.29) is 5.38 Å². The Bertz CT molecular complexity index is 456. The van der Waals surface area contributed by atoms with E-state index in [1.807, 2.05) is 19.1 Å². The maximum absolute atomic E-state index is 6.35. The number of benzene rings is 1. The van der Waals surface area contributed by atoms with Crippen LogP contribution in [0.1, 0.15) is 34.9 Å². The Balaban J connectivity index is 2.23. The van der Waals surface area contributed by atoms with E-state index in [1.165, 1.54) is 5.56 Å². The Hall–Kier alpha value is -1.21. The number of hydrogen-bond acceptors (Lipinski definition) is 1. The number of rotatable bonds is 3. The van der Waals surface area contributed by atoms with Gasteiger partial charge < -0.3 is 4.42 Å². The smallest absolute Gasteiger partial charge is 0.126 e. The first-order chi connectivity index (χ1) is 7.70. The highest BCUT2D eigenvalue weighted by Crippen LogP contribution is 2.30. The molecule has 0 bridgehead atoms. The summed E-state index contributed by atoms with van der Waals surface area (Å²) in [5, 5.41) is -0.195. The van der Waals surface area contributed by atoms with Crippen molar-refractivity contribution in [1.29, 1.82) is 0 Å². The first-order valence-electron chi connectivity index (χ1n) is 5.50. The number of hydrogen-bond donors (Lipinski definition) is 0. The molecule has 0 fully saturated rings. The van der Waals surface area contributed by atoms with Gasteiger partial charge in [-0.25, -0.2) is 0 Å². The summed E-state index contributed by atoms with van der Waals surface area (Å²) >= 11 is 6.35. The van der Waals surface area contributed by atoms with E-state index in [1.54, 1.807) is 0 Å². The average Bonchev–Trinajstić information content (AvgIpc) is 2.75. The zero-order valence-corrected chi connectivity index (χ0v) is 10.3. The summed E-state index contributed by atoms with van der Waals surface area (Å²) < 4.78 is 5.52. The zero-order valence-electron chi connectivity index (χ0n) is 9.53. The first-order valence-corrected chi connectivity index (χ1v) is 5.93. The van der Waals surface area contributed by atoms with Crippen molar-refractivity contribution in [1.82, 2.24) is 0 Å². The Labute approximate surface area is 101 Å². The molecule has 1 nitrogen and oxygen atoms in total. The van der Waals surface area contributed by atoms with Crippen LogP contribution in [0.5, 0.6) is 0 Å². The van der Waals surface area contributed by atoms with E-state index in [0.29, 0.717) is 0 Å². The predicted octanol–water partition coefficient (Wildman–Crippen LogP) is 4.48. The second-order valence-electron chi connectivity index (χ2n) is 3.91. The third-order valence-electron chi connectivity index (χ3n) is 2.69. The Morgan fingerprint density at radius 1 is 1.12 bits per heavy atom. The molecule has 1 aromatic carbocycles. The van der Waals surface area contributed by atoms with Gasteiger partial charge in [-0.2, -0.15) is 0 Å². The van der Waals surface area contributed by atoms with E-state index < -0.39 is 0 Å². The highest BCUT2D eigenvalue weighted by Gasteiger charge is 2.13. The molecule has 0 amide bonds. The molecule has 0 aliphatic rings. The van der Waals surface area contributed by atoms with Gasteiger partial charge in [-0.1, -0.05) is 31.2 Å². The Kier molecular flexibility index (Phi) is 3.35. The third-order valence-corrected chi connectivity index (χ3v) is 3.16. The van der Waals surface area contributed by atoms with Crippen molar-refractivity contribution in [3.8, 4) is 0 Å². The molecule has 1 unspecified atom stereocenters. The molecular formula is C14H15ClO. The largest absolute Gasteiger partial charge is 0.464 e. The number of halogens is 1. The molecule has 2 aromatic rings. The second-order valence-corrected chi connectivity index (χ2v) is 4.34. The van der Waals surface area contributed by atoms with Crippen molar-refractivity contribution in [2.45, 2.75) is 25.6 Å². The highest BCUT2D eigenvalue weighted by atomic mass is 35.5. The van der Waals surface area contributed by atoms with Gasteiger partial charge in [0.25, 0.3) is 0 Å². The molecule has 1 heterocycles. The average molecular weight is 235 g/mol. The summed E-state index contributed by atoms with van der Waals surface area (Å²) in [6.07, 6.45) is 1.05. The highest BCUT2D eigenvalue weighted by molar-refractivity contribution is 6.22. The lowest BCUT2D eigenvalue weighted by Gasteiger charge is -2.07. The fourth-order valence-electron chi connectivity index (χ4n) is 1.68. The summed E-state index contributed by atoms with van der Waals surface area (Å²) in [4.78, 5) is 0. The maximum Gasteiger partial charge on any atom is 0.126 e. The molecule has 0 radical (unpaired) electrons. The minimum atomic E-state index is -0.195. The van der Waals surface area contributed by atoms with E-state index in [0.717, 1.165) is 23.5 Å². The van der Waals surface area contributed by atoms with Gasteiger partial charge in [-0.05, 0) is 36.6 Å². The SMILES string of the molecule is CCc1ccc(C(Cl)c2ccc(C)o2)cc1. The molecule has 1 atom stereocenters. The fraction of sp³-hybridized carbons (Fsp3) is 0.286. The molecule has 2 heteroatoms. The monoisotopic (exact) mass is 234 g/mol. The van der Waals surface area contributed by atoms with Crippen LogP contribution in [0.15, 0.2) is 40.8 Å². The van der Waals surface area contributed by atoms with Crippen LogP contribution in [0.25, 0.3) is 0 Å². The number of aryl methyl sites for hydroxylation is 2. The lowest BCUT2D eigenvalue weighted by molar-refractivity contribution is 0.489. The van der Waals surface area contributed by atoms with Crippen LogP contribution in [0.2, 0.25) is 0 Å². The van der Waals surface area contributed by atoms with Crippen LogP contribution in [0.3, 0.4) is 0 Å². The van der Waals surface area contributed by atoms with Gasteiger partial charge in [0.1, 0.15) is 16.9 Å². The van der Waals surface area contributed by atoms with Gasteiger partial charge in [0.15, 0.2) is 0 Å². The standard InChI is InChI=1S/C14H15ClO/c1-3-11-5-7-12(8-6-11)14(15)13-9-4-10(2)16-13/h4-9,14H,3H2,1-2H3. The molecule has 1 aromatic heterocycles. The lowest BCUT2D eigenvalue weighted by Crippen LogP contribution is -1.91. The second kappa shape index (κ2) is 4.75. The lowest BCUT2D eigenvalue weighted by atomic mass is 10.1. The van der Waals surface area contributed by atoms with Crippen LogP contribution >= 0.6 is 11.6 Å². The van der Waals surface area contributed by atoms with Gasteiger partial charge in [-0.15, -0.1) is 11.6 Å². The zero-order chi connectivity index (χ0) is 11.5. The topological polar surface area (TPSA) is 13.1 Å². The molecular weight excluding hydrogens is 220 g/mol. The van der Waals surface area contributed by atoms with Crippen molar-refractivity contribution in [2.24, 2.45) is 0 Å². The summed E-state index contributed by atoms with van der Waals surface area (Å²) in [7, 11) is 0. The van der Waals surface area contributed by atoms with Crippen molar-refractivity contribution < 1.29 is 4.42 Å². The van der Waals surface area contributed by atoms with Crippen molar-refractivity contribution in [2.75, 3.05) is 0 Å². The van der Waals surface area contributed by atoms with Crippen molar-refractivity contribution >= 4 is 11.6 Å². The number of alkyl halides is 1. The Morgan fingerprint density at radius 3 is 2.31 bits per heavy atom. The van der Waals surface area contributed by atoms with E-state index in [9.17, 15) is 0 Å². The van der Waals surface area contributed by atoms with Crippen LogP contribution in [-0.2, 0) is 6.42 Å². The summed E-state index contributed by atoms with van der Waals surface area (Å²) in [5.74, 6) is 1.70. The van der Waals surface area contributed by atoms with Gasteiger partial charge in [0.2, 0.25) is 0 Å². The molecule has 84 valence electrons. The molecule has 0 aliphatic carbocycles. The Morgan fingerprint density at radius 2 is 1.81 bits per heavy atom. The van der Waals surface area contributed by atoms with Gasteiger partial charge >= 0.3 is 0 Å². The van der Waals surface area contributed by atoms with Gasteiger partial charge in [0, 0.05) is 0 Å². The van der Waals surface area contributed by atoms with E-state index in [2.05, 4.69) is 31.2 Å². The fourth-order valence-corrected chi connectivity index (χ4v) is 1.94. The van der Waals surface area contributed by atoms with E-state index >= 15 is 0 Å². The third kappa shape index (κ3) is 2.30. The van der Waals surface area contributed by atoms with E-state index in [4.69, 9.17) is 16.0 Å². The summed E-state index contributed by atoms with van der Waals surface area (Å²) in [6, 6.07) is 12.2. The maximum atomic E-state index is 6.35. The predicted molar refractivity (Wildman–Crippen MR) is 67.0 cm³/mol. The van der Waals surface area contributed by atoms with Crippen LogP contribution in [0.4, 0.5) is 0 Å². The van der Waals surface area contributed by atoms with Crippen molar-refractivity contribution in [3.05, 3.63) is 59.0 Å². The molecule has 16 heavy (non-hydrogen) atoms. The number of furan rings is 1. The quantitative estimate of drug-likeness (QED) is 0.714. The summed E-state index contributed by atoms with van der Waals surface area (Å²) in [6.45, 7) is 4.07. The first kappa shape index (κ1) is 11.3. The molecule has 0 aliphatic heterocycles. The molecule has 2 rings (SSSR count). The van der Waals surface area contributed by atoms with Crippen LogP contribution in [-0.4, -0.2) is 0 Å². The van der Waals surface area contributed by atoms with Crippen LogP contribution in [0, 0.1) is 6.92 Å². The minimum Gasteiger partial charge on any atom is -0.464 e. The van der Waals surface area contributed by atoms with Crippen LogP contribution < -0.4 is 0 Å². The van der Waals surface area contributed by atoms with Crippen molar-refractivity contribution in [3.63, 3.8) is 0 Å². The van der Waals surface area contributed by atoms with Gasteiger partial charge in [-0.3, -0.25) is 0 Å². The molecule has 0 saturated heterocycles.